The van der Waals surface area contributed by atoms with E-state index in [0.717, 1.165) is 19.4 Å². The lowest BCUT2D eigenvalue weighted by atomic mass is 10.0. The fourth-order valence-corrected chi connectivity index (χ4v) is 2.40. The van der Waals surface area contributed by atoms with Crippen LogP contribution in [0.3, 0.4) is 0 Å². The molecular weight excluding hydrogens is 250 g/mol. The van der Waals surface area contributed by atoms with E-state index in [9.17, 15) is 8.78 Å². The van der Waals surface area contributed by atoms with E-state index in [1.807, 2.05) is 7.05 Å². The minimum Gasteiger partial charge on any atom is -0.486 e. The Kier molecular flexibility index (Phi) is 4.71. The van der Waals surface area contributed by atoms with Crippen LogP contribution in [0.1, 0.15) is 24.8 Å². The average molecular weight is 270 g/mol. The van der Waals surface area contributed by atoms with Crippen molar-refractivity contribution in [3.63, 3.8) is 0 Å². The van der Waals surface area contributed by atoms with Crippen molar-refractivity contribution in [2.24, 2.45) is 5.73 Å². The molecule has 1 unspecified atom stereocenters. The monoisotopic (exact) mass is 270 g/mol. The minimum atomic E-state index is -0.682. The van der Waals surface area contributed by atoms with E-state index in [2.05, 4.69) is 4.90 Å². The van der Waals surface area contributed by atoms with Crippen molar-refractivity contribution < 1.29 is 13.5 Å². The molecule has 5 heteroatoms. The highest BCUT2D eigenvalue weighted by atomic mass is 19.1. The largest absolute Gasteiger partial charge is 0.486 e. The summed E-state index contributed by atoms with van der Waals surface area (Å²) in [5.41, 5.74) is 5.79. The molecule has 19 heavy (non-hydrogen) atoms. The van der Waals surface area contributed by atoms with E-state index < -0.39 is 11.6 Å². The Balaban J connectivity index is 2.03. The Hall–Kier alpha value is -1.20. The third kappa shape index (κ3) is 3.42. The maximum Gasteiger partial charge on any atom is 0.190 e. The first-order valence-electron chi connectivity index (χ1n) is 6.63. The van der Waals surface area contributed by atoms with Crippen molar-refractivity contribution in [2.45, 2.75) is 31.8 Å². The molecule has 1 aromatic rings. The van der Waals surface area contributed by atoms with Gasteiger partial charge < -0.3 is 15.4 Å². The Morgan fingerprint density at radius 3 is 2.58 bits per heavy atom. The van der Waals surface area contributed by atoms with Gasteiger partial charge in [0.05, 0.1) is 0 Å². The van der Waals surface area contributed by atoms with Crippen LogP contribution >= 0.6 is 0 Å². The zero-order valence-corrected chi connectivity index (χ0v) is 11.2. The molecule has 1 saturated heterocycles. The van der Waals surface area contributed by atoms with Gasteiger partial charge in [0.15, 0.2) is 17.4 Å². The second-order valence-electron chi connectivity index (χ2n) is 5.03. The summed E-state index contributed by atoms with van der Waals surface area (Å²) in [6, 6.07) is 2.67. The smallest absolute Gasteiger partial charge is 0.190 e. The van der Waals surface area contributed by atoms with E-state index in [1.165, 1.54) is 18.6 Å². The standard InChI is InChI=1S/C14H20F2N2O/c1-18-5-3-2-4-11(18)9-19-14-12(15)6-10(8-17)7-13(14)16/h6-7,11H,2-5,8-9,17H2,1H3. The normalized spacial score (nSPS) is 20.5. The number of nitrogens with two attached hydrogens (primary N) is 1. The third-order valence-corrected chi connectivity index (χ3v) is 3.64. The number of piperidine rings is 1. The van der Waals surface area contributed by atoms with Gasteiger partial charge in [-0.2, -0.15) is 0 Å². The molecule has 0 spiro atoms. The second-order valence-corrected chi connectivity index (χ2v) is 5.03. The van der Waals surface area contributed by atoms with Gasteiger partial charge in [0.25, 0.3) is 0 Å². The molecule has 0 aromatic heterocycles. The van der Waals surface area contributed by atoms with Gasteiger partial charge in [-0.3, -0.25) is 0 Å². The van der Waals surface area contributed by atoms with Crippen molar-refractivity contribution in [3.05, 3.63) is 29.3 Å². The quantitative estimate of drug-likeness (QED) is 0.912. The highest BCUT2D eigenvalue weighted by molar-refractivity contribution is 5.31. The van der Waals surface area contributed by atoms with E-state index >= 15 is 0 Å². The van der Waals surface area contributed by atoms with Gasteiger partial charge >= 0.3 is 0 Å². The molecule has 1 atom stereocenters. The fourth-order valence-electron chi connectivity index (χ4n) is 2.40. The van der Waals surface area contributed by atoms with Gasteiger partial charge in [0, 0.05) is 12.6 Å². The average Bonchev–Trinajstić information content (AvgIpc) is 2.39. The molecule has 1 aliphatic rings. The van der Waals surface area contributed by atoms with Gasteiger partial charge in [-0.15, -0.1) is 0 Å². The molecule has 3 nitrogen and oxygen atoms in total. The summed E-state index contributed by atoms with van der Waals surface area (Å²) in [7, 11) is 2.01. The SMILES string of the molecule is CN1CCCCC1COc1c(F)cc(CN)cc1F. The van der Waals surface area contributed by atoms with E-state index in [4.69, 9.17) is 10.5 Å². The predicted octanol–water partition coefficient (Wildman–Crippen LogP) is 2.29. The fraction of sp³-hybridized carbons (Fsp3) is 0.571. The number of hydrogen-bond acceptors (Lipinski definition) is 3. The summed E-state index contributed by atoms with van der Waals surface area (Å²) in [6.45, 7) is 1.43. The molecule has 2 N–H and O–H groups in total. The Labute approximate surface area is 112 Å². The summed E-state index contributed by atoms with van der Waals surface area (Å²) in [5, 5.41) is 0. The van der Waals surface area contributed by atoms with Gasteiger partial charge in [-0.1, -0.05) is 6.42 Å². The molecule has 0 saturated carbocycles. The number of hydrogen-bond donors (Lipinski definition) is 1. The Bertz CT molecular complexity index is 416. The van der Waals surface area contributed by atoms with E-state index in [-0.39, 0.29) is 18.3 Å². The molecule has 0 amide bonds. The van der Waals surface area contributed by atoms with Crippen molar-refractivity contribution in [3.8, 4) is 5.75 Å². The molecule has 1 aliphatic heterocycles. The maximum atomic E-state index is 13.7. The number of rotatable bonds is 4. The first kappa shape index (κ1) is 14.2. The van der Waals surface area contributed by atoms with Crippen molar-refractivity contribution in [1.29, 1.82) is 0 Å². The second kappa shape index (κ2) is 6.30. The zero-order chi connectivity index (χ0) is 13.8. The van der Waals surface area contributed by atoms with Crippen LogP contribution in [0.2, 0.25) is 0 Å². The predicted molar refractivity (Wildman–Crippen MR) is 70.0 cm³/mol. The first-order valence-corrected chi connectivity index (χ1v) is 6.63. The highest BCUT2D eigenvalue weighted by Gasteiger charge is 2.21. The van der Waals surface area contributed by atoms with Crippen LogP contribution < -0.4 is 10.5 Å². The third-order valence-electron chi connectivity index (χ3n) is 3.64. The van der Waals surface area contributed by atoms with Crippen LogP contribution in [-0.2, 0) is 6.54 Å². The number of likely N-dealkylation sites (tertiary alicyclic amines) is 1. The van der Waals surface area contributed by atoms with Crippen LogP contribution in [0, 0.1) is 11.6 Å². The topological polar surface area (TPSA) is 38.5 Å². The lowest BCUT2D eigenvalue weighted by molar-refractivity contribution is 0.120. The summed E-state index contributed by atoms with van der Waals surface area (Å²) in [4.78, 5) is 2.17. The first-order chi connectivity index (χ1) is 9.11. The van der Waals surface area contributed by atoms with Crippen LogP contribution in [0.25, 0.3) is 0 Å². The Morgan fingerprint density at radius 1 is 1.32 bits per heavy atom. The Morgan fingerprint density at radius 2 is 2.00 bits per heavy atom. The van der Waals surface area contributed by atoms with E-state index in [0.29, 0.717) is 12.2 Å². The van der Waals surface area contributed by atoms with Crippen molar-refractivity contribution in [2.75, 3.05) is 20.2 Å². The lowest BCUT2D eigenvalue weighted by Gasteiger charge is -2.32. The minimum absolute atomic E-state index is 0.111. The van der Waals surface area contributed by atoms with Crippen LogP contribution in [0.5, 0.6) is 5.75 Å². The van der Waals surface area contributed by atoms with Gasteiger partial charge in [-0.05, 0) is 44.1 Å². The highest BCUT2D eigenvalue weighted by Crippen LogP contribution is 2.24. The number of ether oxygens (including phenoxy) is 1. The number of nitrogens with zero attached hydrogens (tertiary/aromatic N) is 1. The van der Waals surface area contributed by atoms with Gasteiger partial charge in [-0.25, -0.2) is 8.78 Å². The van der Waals surface area contributed by atoms with Crippen LogP contribution in [-0.4, -0.2) is 31.1 Å². The molecule has 1 heterocycles. The summed E-state index contributed by atoms with van der Waals surface area (Å²) in [6.07, 6.45) is 3.30. The summed E-state index contributed by atoms with van der Waals surface area (Å²) >= 11 is 0. The molecule has 0 bridgehead atoms. The molecule has 106 valence electrons. The molecule has 0 aliphatic carbocycles. The van der Waals surface area contributed by atoms with E-state index in [1.54, 1.807) is 0 Å². The van der Waals surface area contributed by atoms with Gasteiger partial charge in [0.2, 0.25) is 0 Å². The summed E-state index contributed by atoms with van der Waals surface area (Å²) < 4.78 is 32.8. The molecule has 0 radical (unpaired) electrons. The maximum absolute atomic E-state index is 13.7. The number of halogens is 2. The lowest BCUT2D eigenvalue weighted by Crippen LogP contribution is -2.40. The summed E-state index contributed by atoms with van der Waals surface area (Å²) in [5.74, 6) is -1.66. The molecule has 1 fully saturated rings. The molecular formula is C14H20F2N2O. The molecule has 1 aromatic carbocycles. The van der Waals surface area contributed by atoms with Crippen molar-refractivity contribution in [1.82, 2.24) is 4.90 Å². The van der Waals surface area contributed by atoms with Crippen LogP contribution in [0.15, 0.2) is 12.1 Å². The number of benzene rings is 1. The zero-order valence-electron chi connectivity index (χ0n) is 11.2. The molecule has 2 rings (SSSR count). The van der Waals surface area contributed by atoms with Crippen molar-refractivity contribution >= 4 is 0 Å². The number of likely N-dealkylation sites (N-methyl/N-ethyl adjacent to an activating group) is 1. The van der Waals surface area contributed by atoms with Gasteiger partial charge in [0.1, 0.15) is 6.61 Å². The van der Waals surface area contributed by atoms with Crippen LogP contribution in [0.4, 0.5) is 8.78 Å².